The summed E-state index contributed by atoms with van der Waals surface area (Å²) in [6.45, 7) is 5.01. The van der Waals surface area contributed by atoms with Gasteiger partial charge in [-0.2, -0.15) is 10.1 Å². The molecule has 1 saturated heterocycles. The van der Waals surface area contributed by atoms with E-state index in [2.05, 4.69) is 15.1 Å². The molecule has 7 heteroatoms. The van der Waals surface area contributed by atoms with Crippen molar-refractivity contribution in [1.82, 2.24) is 24.5 Å². The maximum Gasteiger partial charge on any atom is 0.252 e. The van der Waals surface area contributed by atoms with Crippen LogP contribution in [0.15, 0.2) is 6.33 Å². The van der Waals surface area contributed by atoms with E-state index in [-0.39, 0.29) is 12.0 Å². The second-order valence-corrected chi connectivity index (χ2v) is 5.52. The maximum atomic E-state index is 12.2. The van der Waals surface area contributed by atoms with Gasteiger partial charge in [0.25, 0.3) is 5.78 Å². The molecule has 0 unspecified atom stereocenters. The van der Waals surface area contributed by atoms with Crippen molar-refractivity contribution in [2.45, 2.75) is 39.2 Å². The van der Waals surface area contributed by atoms with Gasteiger partial charge in [0.1, 0.15) is 6.33 Å². The minimum Gasteiger partial charge on any atom is -0.391 e. The molecular formula is C14H19N5O2. The first-order chi connectivity index (χ1) is 10.1. The highest BCUT2D eigenvalue weighted by molar-refractivity contribution is 5.76. The first-order valence-corrected chi connectivity index (χ1v) is 7.18. The van der Waals surface area contributed by atoms with Crippen LogP contribution in [0.2, 0.25) is 0 Å². The van der Waals surface area contributed by atoms with Gasteiger partial charge in [-0.25, -0.2) is 9.50 Å². The molecule has 0 aliphatic carbocycles. The SMILES string of the molecule is Cc1nc2ncnn2c(C)c1CCC(=O)N1CC[C@@H](O)C1. The third-order valence-electron chi connectivity index (χ3n) is 4.09. The number of carbonyl (C=O) groups is 1. The summed E-state index contributed by atoms with van der Waals surface area (Å²) in [7, 11) is 0. The molecule has 1 aliphatic heterocycles. The van der Waals surface area contributed by atoms with Crippen LogP contribution in [-0.2, 0) is 11.2 Å². The highest BCUT2D eigenvalue weighted by atomic mass is 16.3. The van der Waals surface area contributed by atoms with Gasteiger partial charge in [-0.15, -0.1) is 0 Å². The summed E-state index contributed by atoms with van der Waals surface area (Å²) < 4.78 is 1.70. The number of β-amino-alcohol motifs (C(OH)–C–C–N with tert-alkyl or cyclic N) is 1. The van der Waals surface area contributed by atoms with Gasteiger partial charge in [-0.1, -0.05) is 0 Å². The van der Waals surface area contributed by atoms with Crippen molar-refractivity contribution in [1.29, 1.82) is 0 Å². The maximum absolute atomic E-state index is 12.2. The molecule has 1 atom stereocenters. The van der Waals surface area contributed by atoms with Crippen LogP contribution in [0.5, 0.6) is 0 Å². The molecule has 1 aliphatic rings. The second kappa shape index (κ2) is 5.40. The van der Waals surface area contributed by atoms with Gasteiger partial charge in [-0.3, -0.25) is 4.79 Å². The minimum absolute atomic E-state index is 0.0871. The molecule has 3 rings (SSSR count). The van der Waals surface area contributed by atoms with Crippen LogP contribution >= 0.6 is 0 Å². The topological polar surface area (TPSA) is 83.6 Å². The highest BCUT2D eigenvalue weighted by Crippen LogP contribution is 2.17. The Labute approximate surface area is 122 Å². The predicted molar refractivity (Wildman–Crippen MR) is 75.8 cm³/mol. The largest absolute Gasteiger partial charge is 0.391 e. The summed E-state index contributed by atoms with van der Waals surface area (Å²) in [6.07, 6.45) is 2.85. The monoisotopic (exact) mass is 289 g/mol. The van der Waals surface area contributed by atoms with Crippen LogP contribution in [0.4, 0.5) is 0 Å². The molecule has 0 bridgehead atoms. The second-order valence-electron chi connectivity index (χ2n) is 5.52. The third-order valence-corrected chi connectivity index (χ3v) is 4.09. The highest BCUT2D eigenvalue weighted by Gasteiger charge is 2.24. The molecule has 3 heterocycles. The number of nitrogens with zero attached hydrogens (tertiary/aromatic N) is 5. The van der Waals surface area contributed by atoms with E-state index >= 15 is 0 Å². The molecule has 1 amide bonds. The average molecular weight is 289 g/mol. The van der Waals surface area contributed by atoms with E-state index in [1.54, 1.807) is 9.42 Å². The number of aromatic nitrogens is 4. The standard InChI is InChI=1S/C14H19N5O2/c1-9-12(10(2)19-14(17-9)15-8-16-19)3-4-13(21)18-6-5-11(20)7-18/h8,11,20H,3-7H2,1-2H3/t11-/m1/s1. The van der Waals surface area contributed by atoms with Crippen LogP contribution in [0.25, 0.3) is 5.78 Å². The Kier molecular flexibility index (Phi) is 3.59. The fourth-order valence-electron chi connectivity index (χ4n) is 2.88. The Hall–Kier alpha value is -2.02. The van der Waals surface area contributed by atoms with Crippen molar-refractivity contribution in [2.75, 3.05) is 13.1 Å². The quantitative estimate of drug-likeness (QED) is 0.876. The Bertz CT molecular complexity index is 681. The van der Waals surface area contributed by atoms with Crippen molar-refractivity contribution in [3.8, 4) is 0 Å². The molecule has 0 spiro atoms. The third kappa shape index (κ3) is 2.61. The summed E-state index contributed by atoms with van der Waals surface area (Å²) in [4.78, 5) is 22.4. The van der Waals surface area contributed by atoms with Crippen LogP contribution in [0.3, 0.4) is 0 Å². The van der Waals surface area contributed by atoms with E-state index in [4.69, 9.17) is 0 Å². The van der Waals surface area contributed by atoms with E-state index in [0.717, 1.165) is 17.0 Å². The number of aryl methyl sites for hydroxylation is 2. The molecule has 21 heavy (non-hydrogen) atoms. The van der Waals surface area contributed by atoms with Gasteiger partial charge in [0.05, 0.1) is 6.10 Å². The number of aliphatic hydroxyl groups excluding tert-OH is 1. The lowest BCUT2D eigenvalue weighted by Crippen LogP contribution is -2.29. The molecule has 0 aromatic carbocycles. The van der Waals surface area contributed by atoms with Crippen molar-refractivity contribution >= 4 is 11.7 Å². The predicted octanol–water partition coefficient (Wildman–Crippen LogP) is 0.267. The summed E-state index contributed by atoms with van der Waals surface area (Å²) in [5.41, 5.74) is 2.91. The number of likely N-dealkylation sites (tertiary alicyclic amines) is 1. The Morgan fingerprint density at radius 3 is 3.00 bits per heavy atom. The lowest BCUT2D eigenvalue weighted by molar-refractivity contribution is -0.130. The Morgan fingerprint density at radius 2 is 2.29 bits per heavy atom. The molecule has 2 aromatic rings. The normalized spacial score (nSPS) is 18.6. The van der Waals surface area contributed by atoms with Gasteiger partial charge in [0.2, 0.25) is 5.91 Å². The van der Waals surface area contributed by atoms with E-state index in [1.165, 1.54) is 6.33 Å². The number of amides is 1. The van der Waals surface area contributed by atoms with Crippen LogP contribution in [0, 0.1) is 13.8 Å². The summed E-state index contributed by atoms with van der Waals surface area (Å²) in [5, 5.41) is 13.6. The Balaban J connectivity index is 1.74. The first-order valence-electron chi connectivity index (χ1n) is 7.18. The lowest BCUT2D eigenvalue weighted by Gasteiger charge is -2.16. The van der Waals surface area contributed by atoms with Gasteiger partial charge in [0, 0.05) is 30.9 Å². The number of rotatable bonds is 3. The summed E-state index contributed by atoms with van der Waals surface area (Å²) in [5.74, 6) is 0.673. The first kappa shape index (κ1) is 13.9. The van der Waals surface area contributed by atoms with Gasteiger partial charge in [0.15, 0.2) is 0 Å². The Morgan fingerprint density at radius 1 is 1.48 bits per heavy atom. The molecule has 0 radical (unpaired) electrons. The summed E-state index contributed by atoms with van der Waals surface area (Å²) in [6, 6.07) is 0. The number of hydrogen-bond donors (Lipinski definition) is 1. The smallest absolute Gasteiger partial charge is 0.252 e. The fourth-order valence-corrected chi connectivity index (χ4v) is 2.88. The molecule has 1 N–H and O–H groups in total. The van der Waals surface area contributed by atoms with Crippen molar-refractivity contribution in [2.24, 2.45) is 0 Å². The molecule has 2 aromatic heterocycles. The number of hydrogen-bond acceptors (Lipinski definition) is 5. The van der Waals surface area contributed by atoms with E-state index < -0.39 is 0 Å². The van der Waals surface area contributed by atoms with Gasteiger partial charge < -0.3 is 10.0 Å². The molecule has 1 fully saturated rings. The van der Waals surface area contributed by atoms with Gasteiger partial charge >= 0.3 is 0 Å². The van der Waals surface area contributed by atoms with E-state index in [1.807, 2.05) is 13.8 Å². The lowest BCUT2D eigenvalue weighted by atomic mass is 10.1. The summed E-state index contributed by atoms with van der Waals surface area (Å²) >= 11 is 0. The zero-order chi connectivity index (χ0) is 15.0. The molecular weight excluding hydrogens is 270 g/mol. The molecule has 0 saturated carbocycles. The van der Waals surface area contributed by atoms with Crippen molar-refractivity contribution < 1.29 is 9.90 Å². The molecule has 112 valence electrons. The minimum atomic E-state index is -0.370. The van der Waals surface area contributed by atoms with E-state index in [0.29, 0.717) is 38.1 Å². The average Bonchev–Trinajstić information content (AvgIpc) is 3.07. The zero-order valence-electron chi connectivity index (χ0n) is 12.3. The number of carbonyl (C=O) groups excluding carboxylic acids is 1. The van der Waals surface area contributed by atoms with Crippen molar-refractivity contribution in [3.63, 3.8) is 0 Å². The van der Waals surface area contributed by atoms with Crippen LogP contribution < -0.4 is 0 Å². The number of aliphatic hydroxyl groups is 1. The van der Waals surface area contributed by atoms with Gasteiger partial charge in [-0.05, 0) is 32.3 Å². The number of fused-ring (bicyclic) bond motifs is 1. The van der Waals surface area contributed by atoms with Crippen LogP contribution in [-0.4, -0.2) is 54.7 Å². The zero-order valence-corrected chi connectivity index (χ0v) is 12.3. The van der Waals surface area contributed by atoms with Crippen LogP contribution in [0.1, 0.15) is 29.8 Å². The fraction of sp³-hybridized carbons (Fsp3) is 0.571. The van der Waals surface area contributed by atoms with Crippen molar-refractivity contribution in [3.05, 3.63) is 23.3 Å². The molecule has 7 nitrogen and oxygen atoms in total. The van der Waals surface area contributed by atoms with E-state index in [9.17, 15) is 9.90 Å².